The predicted octanol–water partition coefficient (Wildman–Crippen LogP) is 3.87. The van der Waals surface area contributed by atoms with Crippen molar-refractivity contribution < 1.29 is 0 Å². The summed E-state index contributed by atoms with van der Waals surface area (Å²) in [4.78, 5) is 0. The maximum atomic E-state index is 3.68. The minimum absolute atomic E-state index is 1.09. The minimum Gasteiger partial charge on any atom is -0.0991 e. The molecule has 0 heteroatoms. The molecule has 0 fully saturated rings. The molecule has 0 N–H and O–H groups in total. The van der Waals surface area contributed by atoms with Crippen LogP contribution in [0.4, 0.5) is 0 Å². The Hall–Kier alpha value is -0.780. The quantitative estimate of drug-likeness (QED) is 0.534. The first-order valence-electron chi connectivity index (χ1n) is 4.23. The molecule has 0 spiro atoms. The van der Waals surface area contributed by atoms with Crippen LogP contribution >= 0.6 is 0 Å². The molecule has 62 valence electrons. The zero-order valence-corrected chi connectivity index (χ0v) is 7.85. The number of allylic oxidation sites excluding steroid dienone is 5. The van der Waals surface area contributed by atoms with E-state index in [0.717, 1.165) is 12.8 Å². The Labute approximate surface area is 70.3 Å². The van der Waals surface area contributed by atoms with Gasteiger partial charge in [0.05, 0.1) is 0 Å². The third-order valence-electron chi connectivity index (χ3n) is 1.73. The second-order valence-electron chi connectivity index (χ2n) is 2.68. The van der Waals surface area contributed by atoms with Crippen molar-refractivity contribution in [3.63, 3.8) is 0 Å². The third kappa shape index (κ3) is 4.60. The molecule has 0 nitrogen and oxygen atoms in total. The Morgan fingerprint density at radius 2 is 1.91 bits per heavy atom. The fourth-order valence-corrected chi connectivity index (χ4v) is 0.838. The van der Waals surface area contributed by atoms with Gasteiger partial charge in [-0.15, -0.1) is 0 Å². The summed E-state index contributed by atoms with van der Waals surface area (Å²) in [6.07, 6.45) is 8.37. The molecule has 11 heavy (non-hydrogen) atoms. The van der Waals surface area contributed by atoms with E-state index in [4.69, 9.17) is 0 Å². The summed E-state index contributed by atoms with van der Waals surface area (Å²) in [6, 6.07) is 0. The highest BCUT2D eigenvalue weighted by molar-refractivity contribution is 5.25. The summed E-state index contributed by atoms with van der Waals surface area (Å²) in [5.41, 5.74) is 2.79. The molecule has 0 unspecified atom stereocenters. The van der Waals surface area contributed by atoms with Crippen LogP contribution in [0.25, 0.3) is 0 Å². The average Bonchev–Trinajstić information content (AvgIpc) is 2.03. The molecule has 0 aliphatic rings. The second kappa shape index (κ2) is 5.96. The summed E-state index contributed by atoms with van der Waals surface area (Å²) < 4.78 is 0. The molecule has 0 atom stereocenters. The molecule has 0 aliphatic carbocycles. The van der Waals surface area contributed by atoms with E-state index in [1.807, 2.05) is 6.08 Å². The zero-order valence-electron chi connectivity index (χ0n) is 7.85. The van der Waals surface area contributed by atoms with Crippen molar-refractivity contribution in [3.8, 4) is 0 Å². The van der Waals surface area contributed by atoms with E-state index in [9.17, 15) is 0 Å². The van der Waals surface area contributed by atoms with Crippen LogP contribution in [0.2, 0.25) is 0 Å². The normalized spacial score (nSPS) is 13.4. The molecule has 0 aromatic carbocycles. The monoisotopic (exact) mass is 150 g/mol. The number of rotatable bonds is 4. The largest absolute Gasteiger partial charge is 0.0991 e. The predicted molar refractivity (Wildman–Crippen MR) is 52.6 cm³/mol. The van der Waals surface area contributed by atoms with Crippen molar-refractivity contribution in [2.24, 2.45) is 0 Å². The molecular formula is C11H18. The standard InChI is InChI=1S/C11H18/c1-5-8-11(7-3)9-10(4)6-2/h5,8-9H,1,6-7H2,2-4H3. The lowest BCUT2D eigenvalue weighted by molar-refractivity contribution is 1.07. The minimum atomic E-state index is 1.09. The molecule has 0 saturated heterocycles. The van der Waals surface area contributed by atoms with Gasteiger partial charge in [0, 0.05) is 0 Å². The molecule has 0 aliphatic heterocycles. The van der Waals surface area contributed by atoms with Crippen LogP contribution in [0.5, 0.6) is 0 Å². The van der Waals surface area contributed by atoms with Crippen LogP contribution < -0.4 is 0 Å². The lowest BCUT2D eigenvalue weighted by atomic mass is 10.1. The molecule has 0 bridgehead atoms. The fraction of sp³-hybridized carbons (Fsp3) is 0.455. The van der Waals surface area contributed by atoms with E-state index >= 15 is 0 Å². The van der Waals surface area contributed by atoms with Gasteiger partial charge in [0.1, 0.15) is 0 Å². The Bertz CT molecular complexity index is 170. The maximum Gasteiger partial charge on any atom is -0.0307 e. The van der Waals surface area contributed by atoms with E-state index in [1.54, 1.807) is 0 Å². The molecule has 0 aromatic rings. The van der Waals surface area contributed by atoms with Gasteiger partial charge >= 0.3 is 0 Å². The topological polar surface area (TPSA) is 0 Å². The first kappa shape index (κ1) is 10.2. The summed E-state index contributed by atoms with van der Waals surface area (Å²) in [5, 5.41) is 0. The highest BCUT2D eigenvalue weighted by Gasteiger charge is 1.88. The van der Waals surface area contributed by atoms with Crippen molar-refractivity contribution in [2.45, 2.75) is 33.6 Å². The van der Waals surface area contributed by atoms with Crippen LogP contribution in [0, 0.1) is 0 Å². The van der Waals surface area contributed by atoms with Crippen molar-refractivity contribution >= 4 is 0 Å². The van der Waals surface area contributed by atoms with Gasteiger partial charge in [0.2, 0.25) is 0 Å². The molecule has 0 saturated carbocycles. The first-order chi connectivity index (χ1) is 5.24. The molecule has 0 aromatic heterocycles. The van der Waals surface area contributed by atoms with E-state index in [2.05, 4.69) is 39.5 Å². The van der Waals surface area contributed by atoms with Gasteiger partial charge < -0.3 is 0 Å². The van der Waals surface area contributed by atoms with Gasteiger partial charge in [-0.1, -0.05) is 44.2 Å². The van der Waals surface area contributed by atoms with Crippen LogP contribution in [0.1, 0.15) is 33.6 Å². The summed E-state index contributed by atoms with van der Waals surface area (Å²) >= 11 is 0. The third-order valence-corrected chi connectivity index (χ3v) is 1.73. The molecule has 0 amide bonds. The highest BCUT2D eigenvalue weighted by Crippen LogP contribution is 2.08. The maximum absolute atomic E-state index is 3.68. The Morgan fingerprint density at radius 1 is 1.27 bits per heavy atom. The van der Waals surface area contributed by atoms with Crippen LogP contribution in [-0.2, 0) is 0 Å². The number of hydrogen-bond donors (Lipinski definition) is 0. The Kier molecular flexibility index (Phi) is 5.54. The van der Waals surface area contributed by atoms with E-state index in [-0.39, 0.29) is 0 Å². The van der Waals surface area contributed by atoms with Gasteiger partial charge in [-0.05, 0) is 25.3 Å². The Balaban J connectivity index is 4.28. The van der Waals surface area contributed by atoms with Crippen LogP contribution in [0.15, 0.2) is 36.0 Å². The van der Waals surface area contributed by atoms with E-state index < -0.39 is 0 Å². The zero-order chi connectivity index (χ0) is 8.69. The SMILES string of the molecule is C=CC=C(C=C(C)CC)CC. The molecular weight excluding hydrogens is 132 g/mol. The second-order valence-corrected chi connectivity index (χ2v) is 2.68. The van der Waals surface area contributed by atoms with Crippen molar-refractivity contribution in [2.75, 3.05) is 0 Å². The van der Waals surface area contributed by atoms with Crippen LogP contribution in [-0.4, -0.2) is 0 Å². The van der Waals surface area contributed by atoms with Gasteiger partial charge in [-0.25, -0.2) is 0 Å². The van der Waals surface area contributed by atoms with E-state index in [0.29, 0.717) is 0 Å². The van der Waals surface area contributed by atoms with Gasteiger partial charge in [-0.2, -0.15) is 0 Å². The van der Waals surface area contributed by atoms with Gasteiger partial charge in [0.15, 0.2) is 0 Å². The molecule has 0 rings (SSSR count). The van der Waals surface area contributed by atoms with E-state index in [1.165, 1.54) is 11.1 Å². The van der Waals surface area contributed by atoms with Crippen molar-refractivity contribution in [1.82, 2.24) is 0 Å². The van der Waals surface area contributed by atoms with Gasteiger partial charge in [-0.3, -0.25) is 0 Å². The fourth-order valence-electron chi connectivity index (χ4n) is 0.838. The average molecular weight is 150 g/mol. The summed E-state index contributed by atoms with van der Waals surface area (Å²) in [6.45, 7) is 10.2. The Morgan fingerprint density at radius 3 is 2.27 bits per heavy atom. The van der Waals surface area contributed by atoms with Crippen molar-refractivity contribution in [1.29, 1.82) is 0 Å². The molecule has 0 heterocycles. The lowest BCUT2D eigenvalue weighted by Crippen LogP contribution is -1.77. The highest BCUT2D eigenvalue weighted by atomic mass is 13.9. The first-order valence-corrected chi connectivity index (χ1v) is 4.23. The smallest absolute Gasteiger partial charge is 0.0307 e. The summed E-state index contributed by atoms with van der Waals surface area (Å²) in [5.74, 6) is 0. The lowest BCUT2D eigenvalue weighted by Gasteiger charge is -1.98. The molecule has 0 radical (unpaired) electrons. The summed E-state index contributed by atoms with van der Waals surface area (Å²) in [7, 11) is 0. The van der Waals surface area contributed by atoms with Crippen LogP contribution in [0.3, 0.4) is 0 Å². The van der Waals surface area contributed by atoms with Gasteiger partial charge in [0.25, 0.3) is 0 Å². The van der Waals surface area contributed by atoms with Crippen molar-refractivity contribution in [3.05, 3.63) is 36.0 Å². The number of hydrogen-bond acceptors (Lipinski definition) is 0.